The van der Waals surface area contributed by atoms with Gasteiger partial charge in [0.05, 0.1) is 33.8 Å². The Hall–Kier alpha value is -2.83. The summed E-state index contributed by atoms with van der Waals surface area (Å²) in [5.74, 6) is 1.71. The van der Waals surface area contributed by atoms with Crippen LogP contribution in [-0.2, 0) is 24.4 Å². The zero-order valence-corrected chi connectivity index (χ0v) is 16.4. The van der Waals surface area contributed by atoms with Gasteiger partial charge in [-0.3, -0.25) is 0 Å². The summed E-state index contributed by atoms with van der Waals surface area (Å²) >= 11 is 0. The van der Waals surface area contributed by atoms with Crippen molar-refractivity contribution in [3.8, 4) is 11.5 Å². The SMILES string of the molecule is COc1ccc(CNC(COCc2ccc(OC)cc2)Cn2ccnc2)cc1. The maximum atomic E-state index is 5.97. The number of hydrogen-bond donors (Lipinski definition) is 1. The molecule has 0 saturated carbocycles. The van der Waals surface area contributed by atoms with Crippen LogP contribution >= 0.6 is 0 Å². The molecule has 0 amide bonds. The van der Waals surface area contributed by atoms with Crippen LogP contribution < -0.4 is 14.8 Å². The predicted molar refractivity (Wildman–Crippen MR) is 108 cm³/mol. The molecule has 3 rings (SSSR count). The smallest absolute Gasteiger partial charge is 0.118 e. The van der Waals surface area contributed by atoms with Crippen LogP contribution in [0.1, 0.15) is 11.1 Å². The van der Waals surface area contributed by atoms with Crippen molar-refractivity contribution in [3.05, 3.63) is 78.4 Å². The Kier molecular flexibility index (Phi) is 7.46. The van der Waals surface area contributed by atoms with Gasteiger partial charge in [-0.1, -0.05) is 24.3 Å². The van der Waals surface area contributed by atoms with Crippen LogP contribution in [0.3, 0.4) is 0 Å². The molecule has 1 N–H and O–H groups in total. The van der Waals surface area contributed by atoms with Gasteiger partial charge < -0.3 is 24.1 Å². The van der Waals surface area contributed by atoms with Crippen LogP contribution in [0.2, 0.25) is 0 Å². The molecule has 2 aromatic carbocycles. The summed E-state index contributed by atoms with van der Waals surface area (Å²) < 4.78 is 18.4. The monoisotopic (exact) mass is 381 g/mol. The molecule has 28 heavy (non-hydrogen) atoms. The Morgan fingerprint density at radius 1 is 0.929 bits per heavy atom. The van der Waals surface area contributed by atoms with Gasteiger partial charge in [-0.15, -0.1) is 0 Å². The molecule has 0 aliphatic rings. The third-order valence-corrected chi connectivity index (χ3v) is 4.49. The molecule has 1 atom stereocenters. The lowest BCUT2D eigenvalue weighted by atomic mass is 10.2. The van der Waals surface area contributed by atoms with Crippen LogP contribution in [-0.4, -0.2) is 36.4 Å². The molecule has 0 bridgehead atoms. The number of imidazole rings is 1. The number of ether oxygens (including phenoxy) is 3. The second-order valence-corrected chi connectivity index (χ2v) is 6.55. The molecule has 1 unspecified atom stereocenters. The van der Waals surface area contributed by atoms with Gasteiger partial charge in [0.25, 0.3) is 0 Å². The first-order valence-corrected chi connectivity index (χ1v) is 9.29. The van der Waals surface area contributed by atoms with E-state index in [2.05, 4.69) is 27.0 Å². The molecule has 0 aliphatic carbocycles. The Bertz CT molecular complexity index is 802. The molecule has 0 spiro atoms. The zero-order valence-electron chi connectivity index (χ0n) is 16.4. The van der Waals surface area contributed by atoms with Crippen molar-refractivity contribution in [2.45, 2.75) is 25.7 Å². The topological polar surface area (TPSA) is 57.5 Å². The van der Waals surface area contributed by atoms with Gasteiger partial charge in [-0.25, -0.2) is 4.98 Å². The zero-order chi connectivity index (χ0) is 19.6. The summed E-state index contributed by atoms with van der Waals surface area (Å²) in [6, 6.07) is 16.2. The summed E-state index contributed by atoms with van der Waals surface area (Å²) in [7, 11) is 3.34. The first-order chi connectivity index (χ1) is 13.8. The van der Waals surface area contributed by atoms with Crippen molar-refractivity contribution in [1.82, 2.24) is 14.9 Å². The highest BCUT2D eigenvalue weighted by Crippen LogP contribution is 2.13. The molecule has 1 aromatic heterocycles. The Morgan fingerprint density at radius 2 is 1.57 bits per heavy atom. The number of methoxy groups -OCH3 is 2. The van der Waals surface area contributed by atoms with E-state index in [1.165, 1.54) is 5.56 Å². The quantitative estimate of drug-likeness (QED) is 0.552. The van der Waals surface area contributed by atoms with Crippen molar-refractivity contribution in [2.75, 3.05) is 20.8 Å². The second kappa shape index (κ2) is 10.5. The first kappa shape index (κ1) is 19.9. The molecule has 6 heteroatoms. The first-order valence-electron chi connectivity index (χ1n) is 9.29. The molecule has 0 fully saturated rings. The lowest BCUT2D eigenvalue weighted by molar-refractivity contribution is 0.0933. The largest absolute Gasteiger partial charge is 0.497 e. The molecule has 0 saturated heterocycles. The highest BCUT2D eigenvalue weighted by molar-refractivity contribution is 5.27. The average Bonchev–Trinajstić information content (AvgIpc) is 3.26. The second-order valence-electron chi connectivity index (χ2n) is 6.55. The maximum Gasteiger partial charge on any atom is 0.118 e. The van der Waals surface area contributed by atoms with E-state index in [1.54, 1.807) is 20.4 Å². The molecule has 1 heterocycles. The van der Waals surface area contributed by atoms with Gasteiger partial charge in [0.15, 0.2) is 0 Å². The summed E-state index contributed by atoms with van der Waals surface area (Å²) in [6.45, 7) is 2.71. The fourth-order valence-corrected chi connectivity index (χ4v) is 2.87. The molecule has 6 nitrogen and oxygen atoms in total. The third-order valence-electron chi connectivity index (χ3n) is 4.49. The fourth-order valence-electron chi connectivity index (χ4n) is 2.87. The van der Waals surface area contributed by atoms with E-state index in [9.17, 15) is 0 Å². The van der Waals surface area contributed by atoms with Gasteiger partial charge in [-0.2, -0.15) is 0 Å². The number of nitrogens with zero attached hydrogens (tertiary/aromatic N) is 2. The van der Waals surface area contributed by atoms with Crippen LogP contribution in [0.15, 0.2) is 67.3 Å². The van der Waals surface area contributed by atoms with Crippen molar-refractivity contribution in [3.63, 3.8) is 0 Å². The van der Waals surface area contributed by atoms with Gasteiger partial charge in [0.1, 0.15) is 11.5 Å². The minimum atomic E-state index is 0.162. The Morgan fingerprint density at radius 3 is 2.14 bits per heavy atom. The fraction of sp³-hybridized carbons (Fsp3) is 0.318. The molecular formula is C22H27N3O3. The molecule has 0 aliphatic heterocycles. The van der Waals surface area contributed by atoms with E-state index in [0.717, 1.165) is 30.2 Å². The molecule has 148 valence electrons. The minimum absolute atomic E-state index is 0.162. The molecular weight excluding hydrogens is 354 g/mol. The Balaban J connectivity index is 1.53. The highest BCUT2D eigenvalue weighted by Gasteiger charge is 2.10. The van der Waals surface area contributed by atoms with Crippen molar-refractivity contribution in [1.29, 1.82) is 0 Å². The number of benzene rings is 2. The van der Waals surface area contributed by atoms with Crippen molar-refractivity contribution >= 4 is 0 Å². The van der Waals surface area contributed by atoms with Gasteiger partial charge in [-0.05, 0) is 35.4 Å². The van der Waals surface area contributed by atoms with E-state index < -0.39 is 0 Å². The maximum absolute atomic E-state index is 5.97. The number of nitrogens with one attached hydrogen (secondary N) is 1. The van der Waals surface area contributed by atoms with Crippen LogP contribution in [0, 0.1) is 0 Å². The van der Waals surface area contributed by atoms with Crippen LogP contribution in [0.4, 0.5) is 0 Å². The van der Waals surface area contributed by atoms with E-state index in [4.69, 9.17) is 14.2 Å². The van der Waals surface area contributed by atoms with Gasteiger partial charge in [0.2, 0.25) is 0 Å². The Labute approximate surface area is 166 Å². The summed E-state index contributed by atoms with van der Waals surface area (Å²) in [6.07, 6.45) is 5.58. The van der Waals surface area contributed by atoms with Gasteiger partial charge >= 0.3 is 0 Å². The summed E-state index contributed by atoms with van der Waals surface area (Å²) in [4.78, 5) is 4.13. The average molecular weight is 381 g/mol. The number of rotatable bonds is 11. The third kappa shape index (κ3) is 6.11. The van der Waals surface area contributed by atoms with Crippen molar-refractivity contribution < 1.29 is 14.2 Å². The highest BCUT2D eigenvalue weighted by atomic mass is 16.5. The van der Waals surface area contributed by atoms with E-state index in [1.807, 2.05) is 48.9 Å². The normalized spacial score (nSPS) is 11.9. The molecule has 0 radical (unpaired) electrons. The summed E-state index contributed by atoms with van der Waals surface area (Å²) in [5, 5.41) is 3.58. The molecule has 3 aromatic rings. The minimum Gasteiger partial charge on any atom is -0.497 e. The predicted octanol–water partition coefficient (Wildman–Crippen LogP) is 3.28. The standard InChI is InChI=1S/C22H27N3O3/c1-26-21-7-3-18(4-8-21)13-24-20(14-25-12-11-23-17-25)16-28-15-19-5-9-22(27-2)10-6-19/h3-12,17,20,24H,13-16H2,1-2H3. The van der Waals surface area contributed by atoms with E-state index in [-0.39, 0.29) is 6.04 Å². The van der Waals surface area contributed by atoms with Gasteiger partial charge in [0, 0.05) is 31.5 Å². The van der Waals surface area contributed by atoms with Crippen LogP contribution in [0.5, 0.6) is 11.5 Å². The summed E-state index contributed by atoms with van der Waals surface area (Å²) in [5.41, 5.74) is 2.32. The lowest BCUT2D eigenvalue weighted by Gasteiger charge is -2.20. The van der Waals surface area contributed by atoms with Crippen molar-refractivity contribution in [2.24, 2.45) is 0 Å². The lowest BCUT2D eigenvalue weighted by Crippen LogP contribution is -2.36. The number of hydrogen-bond acceptors (Lipinski definition) is 5. The number of aromatic nitrogens is 2. The van der Waals surface area contributed by atoms with Crippen LogP contribution in [0.25, 0.3) is 0 Å². The van der Waals surface area contributed by atoms with E-state index >= 15 is 0 Å². The van der Waals surface area contributed by atoms with E-state index in [0.29, 0.717) is 13.2 Å².